The quantitative estimate of drug-likeness (QED) is 0.906. The Kier molecular flexibility index (Phi) is 3.76. The van der Waals surface area contributed by atoms with Gasteiger partial charge in [0.1, 0.15) is 5.75 Å². The number of benzene rings is 1. The standard InChI is InChI=1S/C16H22O3/c1-18-12-4-2-11(3-5-12)10-19-16-9-7-13-14(16)6-8-15(13)17/h2-5,13-17H,6-10H2,1H3/t13-,14?,15?,16?/m0/s1. The summed E-state index contributed by atoms with van der Waals surface area (Å²) < 4.78 is 11.2. The van der Waals surface area contributed by atoms with Gasteiger partial charge in [0.25, 0.3) is 0 Å². The molecule has 0 saturated heterocycles. The molecule has 3 heteroatoms. The van der Waals surface area contributed by atoms with Gasteiger partial charge in [0.2, 0.25) is 0 Å². The van der Waals surface area contributed by atoms with Crippen molar-refractivity contribution in [3.8, 4) is 5.75 Å². The fourth-order valence-corrected chi connectivity index (χ4v) is 3.65. The molecule has 3 rings (SSSR count). The van der Waals surface area contributed by atoms with Crippen molar-refractivity contribution in [3.05, 3.63) is 29.8 Å². The molecule has 3 unspecified atom stereocenters. The minimum Gasteiger partial charge on any atom is -0.497 e. The molecule has 0 amide bonds. The Bertz CT molecular complexity index is 415. The molecule has 2 aliphatic rings. The lowest BCUT2D eigenvalue weighted by atomic mass is 9.98. The SMILES string of the molecule is COc1ccc(COC2CC[C@@H]3C(O)CCC23)cc1. The van der Waals surface area contributed by atoms with E-state index < -0.39 is 0 Å². The number of aliphatic hydroxyl groups excluding tert-OH is 1. The monoisotopic (exact) mass is 262 g/mol. The minimum absolute atomic E-state index is 0.0837. The molecule has 0 aromatic heterocycles. The van der Waals surface area contributed by atoms with E-state index in [2.05, 4.69) is 12.1 Å². The van der Waals surface area contributed by atoms with Gasteiger partial charge in [-0.1, -0.05) is 12.1 Å². The Morgan fingerprint density at radius 2 is 1.79 bits per heavy atom. The summed E-state index contributed by atoms with van der Waals surface area (Å²) in [7, 11) is 1.68. The van der Waals surface area contributed by atoms with E-state index in [9.17, 15) is 5.11 Å². The number of hydrogen-bond donors (Lipinski definition) is 1. The van der Waals surface area contributed by atoms with Gasteiger partial charge in [-0.3, -0.25) is 0 Å². The van der Waals surface area contributed by atoms with Crippen LogP contribution in [0.3, 0.4) is 0 Å². The summed E-state index contributed by atoms with van der Waals surface area (Å²) in [6, 6.07) is 8.04. The molecule has 0 radical (unpaired) electrons. The van der Waals surface area contributed by atoms with Gasteiger partial charge in [-0.25, -0.2) is 0 Å². The summed E-state index contributed by atoms with van der Waals surface area (Å²) in [6.45, 7) is 0.661. The van der Waals surface area contributed by atoms with E-state index in [-0.39, 0.29) is 6.10 Å². The molecule has 0 spiro atoms. The molecule has 2 fully saturated rings. The second-order valence-corrected chi connectivity index (χ2v) is 5.75. The van der Waals surface area contributed by atoms with Gasteiger partial charge in [-0.15, -0.1) is 0 Å². The van der Waals surface area contributed by atoms with E-state index in [0.717, 1.165) is 31.4 Å². The van der Waals surface area contributed by atoms with Crippen molar-refractivity contribution < 1.29 is 14.6 Å². The number of hydrogen-bond acceptors (Lipinski definition) is 3. The largest absolute Gasteiger partial charge is 0.497 e. The first kappa shape index (κ1) is 12.9. The van der Waals surface area contributed by atoms with E-state index in [0.29, 0.717) is 24.5 Å². The maximum Gasteiger partial charge on any atom is 0.118 e. The van der Waals surface area contributed by atoms with Crippen LogP contribution in [0.5, 0.6) is 5.75 Å². The van der Waals surface area contributed by atoms with Crippen molar-refractivity contribution in [3.63, 3.8) is 0 Å². The second-order valence-electron chi connectivity index (χ2n) is 5.75. The highest BCUT2D eigenvalue weighted by Gasteiger charge is 2.44. The van der Waals surface area contributed by atoms with Crippen LogP contribution in [0, 0.1) is 11.8 Å². The van der Waals surface area contributed by atoms with Crippen LogP contribution in [0.4, 0.5) is 0 Å². The highest BCUT2D eigenvalue weighted by Crippen LogP contribution is 2.45. The molecular weight excluding hydrogens is 240 g/mol. The van der Waals surface area contributed by atoms with Crippen LogP contribution in [0.25, 0.3) is 0 Å². The predicted molar refractivity (Wildman–Crippen MR) is 73.0 cm³/mol. The van der Waals surface area contributed by atoms with Crippen LogP contribution in [-0.4, -0.2) is 24.4 Å². The first-order valence-electron chi connectivity index (χ1n) is 7.20. The predicted octanol–water partition coefficient (Wildman–Crippen LogP) is 2.76. The summed E-state index contributed by atoms with van der Waals surface area (Å²) in [6.07, 6.45) is 4.56. The lowest BCUT2D eigenvalue weighted by molar-refractivity contribution is 0.00938. The number of fused-ring (bicyclic) bond motifs is 1. The first-order chi connectivity index (χ1) is 9.28. The summed E-state index contributed by atoms with van der Waals surface area (Å²) in [4.78, 5) is 0. The van der Waals surface area contributed by atoms with Crippen LogP contribution in [-0.2, 0) is 11.3 Å². The zero-order valence-corrected chi connectivity index (χ0v) is 11.4. The van der Waals surface area contributed by atoms with Gasteiger partial charge < -0.3 is 14.6 Å². The zero-order valence-electron chi connectivity index (χ0n) is 11.4. The molecule has 1 aromatic carbocycles. The normalized spacial score (nSPS) is 33.4. The molecule has 2 saturated carbocycles. The van der Waals surface area contributed by atoms with E-state index in [1.54, 1.807) is 7.11 Å². The topological polar surface area (TPSA) is 38.7 Å². The lowest BCUT2D eigenvalue weighted by Gasteiger charge is -2.19. The Morgan fingerprint density at radius 1 is 1.05 bits per heavy atom. The van der Waals surface area contributed by atoms with Crippen molar-refractivity contribution >= 4 is 0 Å². The minimum atomic E-state index is -0.0837. The van der Waals surface area contributed by atoms with Gasteiger partial charge in [-0.05, 0) is 55.2 Å². The summed E-state index contributed by atoms with van der Waals surface area (Å²) in [5.41, 5.74) is 1.18. The number of methoxy groups -OCH3 is 1. The van der Waals surface area contributed by atoms with Gasteiger partial charge in [0.05, 0.1) is 25.9 Å². The zero-order chi connectivity index (χ0) is 13.2. The molecule has 0 aliphatic heterocycles. The van der Waals surface area contributed by atoms with Crippen molar-refractivity contribution in [2.24, 2.45) is 11.8 Å². The van der Waals surface area contributed by atoms with Gasteiger partial charge in [0, 0.05) is 0 Å². The molecule has 1 aromatic rings. The summed E-state index contributed by atoms with van der Waals surface area (Å²) in [5.74, 6) is 1.94. The highest BCUT2D eigenvalue weighted by molar-refractivity contribution is 5.26. The maximum atomic E-state index is 9.89. The van der Waals surface area contributed by atoms with Crippen molar-refractivity contribution in [1.29, 1.82) is 0 Å². The van der Waals surface area contributed by atoms with E-state index in [4.69, 9.17) is 9.47 Å². The van der Waals surface area contributed by atoms with E-state index in [1.165, 1.54) is 5.56 Å². The fourth-order valence-electron chi connectivity index (χ4n) is 3.65. The summed E-state index contributed by atoms with van der Waals surface area (Å²) in [5, 5.41) is 9.89. The molecule has 0 heterocycles. The highest BCUT2D eigenvalue weighted by atomic mass is 16.5. The van der Waals surface area contributed by atoms with Crippen LogP contribution >= 0.6 is 0 Å². The molecule has 1 N–H and O–H groups in total. The van der Waals surface area contributed by atoms with Gasteiger partial charge in [-0.2, -0.15) is 0 Å². The third-order valence-electron chi connectivity index (χ3n) is 4.73. The number of rotatable bonds is 4. The molecular formula is C16H22O3. The fraction of sp³-hybridized carbons (Fsp3) is 0.625. The lowest BCUT2D eigenvalue weighted by Crippen LogP contribution is -2.21. The van der Waals surface area contributed by atoms with Crippen molar-refractivity contribution in [1.82, 2.24) is 0 Å². The second kappa shape index (κ2) is 5.51. The van der Waals surface area contributed by atoms with Crippen LogP contribution in [0.2, 0.25) is 0 Å². The molecule has 4 atom stereocenters. The maximum absolute atomic E-state index is 9.89. The average molecular weight is 262 g/mol. The van der Waals surface area contributed by atoms with Gasteiger partial charge in [0.15, 0.2) is 0 Å². The molecule has 19 heavy (non-hydrogen) atoms. The van der Waals surface area contributed by atoms with Crippen molar-refractivity contribution in [2.75, 3.05) is 7.11 Å². The Hall–Kier alpha value is -1.06. The average Bonchev–Trinajstić information content (AvgIpc) is 3.01. The Labute approximate surface area is 114 Å². The third-order valence-corrected chi connectivity index (χ3v) is 4.73. The van der Waals surface area contributed by atoms with Crippen LogP contribution in [0.15, 0.2) is 24.3 Å². The Balaban J connectivity index is 1.55. The smallest absolute Gasteiger partial charge is 0.118 e. The summed E-state index contributed by atoms with van der Waals surface area (Å²) >= 11 is 0. The van der Waals surface area contributed by atoms with E-state index >= 15 is 0 Å². The molecule has 3 nitrogen and oxygen atoms in total. The van der Waals surface area contributed by atoms with Gasteiger partial charge >= 0.3 is 0 Å². The Morgan fingerprint density at radius 3 is 2.53 bits per heavy atom. The molecule has 2 aliphatic carbocycles. The first-order valence-corrected chi connectivity index (χ1v) is 7.20. The van der Waals surface area contributed by atoms with Crippen molar-refractivity contribution in [2.45, 2.75) is 44.5 Å². The molecule has 104 valence electrons. The number of ether oxygens (including phenoxy) is 2. The number of aliphatic hydroxyl groups is 1. The van der Waals surface area contributed by atoms with E-state index in [1.807, 2.05) is 12.1 Å². The van der Waals surface area contributed by atoms with Crippen LogP contribution in [0.1, 0.15) is 31.2 Å². The third kappa shape index (κ3) is 2.63. The van der Waals surface area contributed by atoms with Crippen LogP contribution < -0.4 is 4.74 Å². The molecule has 0 bridgehead atoms.